The fourth-order valence-corrected chi connectivity index (χ4v) is 3.91. The minimum atomic E-state index is -0.702. The molecule has 0 aliphatic carbocycles. The van der Waals surface area contributed by atoms with Gasteiger partial charge in [-0.1, -0.05) is 46.3 Å². The zero-order chi connectivity index (χ0) is 23.4. The van der Waals surface area contributed by atoms with E-state index < -0.39 is 12.1 Å². The van der Waals surface area contributed by atoms with E-state index in [9.17, 15) is 14.4 Å². The SMILES string of the molecule is COC(=O)NCC(=O)N1CN(C(=O)c2ccccc2)C[C@H]1c1nc(-c2ccc(Br)cc2)c[nH]1. The molecule has 1 saturated heterocycles. The van der Waals surface area contributed by atoms with Crippen molar-refractivity contribution >= 4 is 33.8 Å². The van der Waals surface area contributed by atoms with Crippen LogP contribution in [-0.2, 0) is 9.53 Å². The Labute approximate surface area is 198 Å². The number of imidazole rings is 1. The number of hydrogen-bond acceptors (Lipinski definition) is 5. The summed E-state index contributed by atoms with van der Waals surface area (Å²) in [5, 5.41) is 2.40. The Morgan fingerprint density at radius 2 is 1.88 bits per heavy atom. The number of ether oxygens (including phenoxy) is 1. The molecule has 0 bridgehead atoms. The van der Waals surface area contributed by atoms with Crippen LogP contribution < -0.4 is 5.32 Å². The first-order valence-electron chi connectivity index (χ1n) is 10.2. The lowest BCUT2D eigenvalue weighted by atomic mass is 10.2. The van der Waals surface area contributed by atoms with Gasteiger partial charge in [-0.25, -0.2) is 9.78 Å². The molecule has 0 unspecified atom stereocenters. The van der Waals surface area contributed by atoms with Gasteiger partial charge in [-0.05, 0) is 24.3 Å². The summed E-state index contributed by atoms with van der Waals surface area (Å²) in [5.74, 6) is 0.0227. The van der Waals surface area contributed by atoms with Crippen LogP contribution in [0.25, 0.3) is 11.3 Å². The van der Waals surface area contributed by atoms with Gasteiger partial charge in [-0.2, -0.15) is 0 Å². The van der Waals surface area contributed by atoms with Crippen LogP contribution in [0.1, 0.15) is 22.2 Å². The van der Waals surface area contributed by atoms with Crippen molar-refractivity contribution < 1.29 is 19.1 Å². The van der Waals surface area contributed by atoms with Crippen molar-refractivity contribution in [3.8, 4) is 11.3 Å². The summed E-state index contributed by atoms with van der Waals surface area (Å²) in [5.41, 5.74) is 2.18. The predicted molar refractivity (Wildman–Crippen MR) is 124 cm³/mol. The van der Waals surface area contributed by atoms with E-state index in [4.69, 9.17) is 0 Å². The summed E-state index contributed by atoms with van der Waals surface area (Å²) in [6, 6.07) is 16.1. The highest BCUT2D eigenvalue weighted by atomic mass is 79.9. The Hall–Kier alpha value is -3.66. The third kappa shape index (κ3) is 5.06. The highest BCUT2D eigenvalue weighted by Gasteiger charge is 2.39. The van der Waals surface area contributed by atoms with Gasteiger partial charge in [-0.3, -0.25) is 9.59 Å². The third-order valence-electron chi connectivity index (χ3n) is 5.34. The number of carbonyl (C=O) groups excluding carboxylic acids is 3. The van der Waals surface area contributed by atoms with Crippen molar-refractivity contribution in [1.29, 1.82) is 0 Å². The smallest absolute Gasteiger partial charge is 0.407 e. The lowest BCUT2D eigenvalue weighted by Crippen LogP contribution is -2.41. The van der Waals surface area contributed by atoms with E-state index in [1.54, 1.807) is 35.4 Å². The molecule has 3 amide bonds. The Balaban J connectivity index is 1.58. The molecule has 9 nitrogen and oxygen atoms in total. The average molecular weight is 512 g/mol. The second kappa shape index (κ2) is 9.86. The van der Waals surface area contributed by atoms with E-state index in [-0.39, 0.29) is 31.6 Å². The zero-order valence-corrected chi connectivity index (χ0v) is 19.4. The molecule has 1 fully saturated rings. The summed E-state index contributed by atoms with van der Waals surface area (Å²) in [4.78, 5) is 48.4. The minimum absolute atomic E-state index is 0.0778. The molecule has 3 aromatic rings. The van der Waals surface area contributed by atoms with Gasteiger partial charge in [0.25, 0.3) is 5.91 Å². The molecule has 0 saturated carbocycles. The van der Waals surface area contributed by atoms with Gasteiger partial charge in [0.15, 0.2) is 0 Å². The van der Waals surface area contributed by atoms with E-state index in [1.807, 2.05) is 30.3 Å². The van der Waals surface area contributed by atoms with Crippen LogP contribution in [0.4, 0.5) is 4.79 Å². The molecule has 0 spiro atoms. The molecule has 1 aliphatic heterocycles. The first kappa shape index (κ1) is 22.5. The fourth-order valence-electron chi connectivity index (χ4n) is 3.64. The molecule has 1 atom stereocenters. The standard InChI is InChI=1S/C23H22BrN5O4/c1-33-23(32)26-12-20(30)29-14-28(22(31)16-5-3-2-4-6-16)13-19(29)21-25-11-18(27-21)15-7-9-17(24)10-8-15/h2-11,19H,12-14H2,1H3,(H,25,27)(H,26,32)/t19-/m0/s1. The Bertz CT molecular complexity index is 1150. The number of halogens is 1. The van der Waals surface area contributed by atoms with Crippen molar-refractivity contribution in [2.45, 2.75) is 6.04 Å². The van der Waals surface area contributed by atoms with Crippen LogP contribution in [-0.4, -0.2) is 64.5 Å². The van der Waals surface area contributed by atoms with Crippen LogP contribution in [0, 0.1) is 0 Å². The van der Waals surface area contributed by atoms with Gasteiger partial charge in [0.1, 0.15) is 18.4 Å². The maximum atomic E-state index is 13.0. The van der Waals surface area contributed by atoms with Crippen molar-refractivity contribution in [3.63, 3.8) is 0 Å². The zero-order valence-electron chi connectivity index (χ0n) is 17.8. The first-order chi connectivity index (χ1) is 16.0. The maximum Gasteiger partial charge on any atom is 0.407 e. The molecule has 1 aromatic heterocycles. The number of nitrogens with zero attached hydrogens (tertiary/aromatic N) is 3. The van der Waals surface area contributed by atoms with Crippen molar-refractivity contribution in [2.75, 3.05) is 26.9 Å². The molecular weight excluding hydrogens is 490 g/mol. The summed E-state index contributed by atoms with van der Waals surface area (Å²) >= 11 is 3.42. The van der Waals surface area contributed by atoms with Gasteiger partial charge in [0, 0.05) is 21.8 Å². The van der Waals surface area contributed by atoms with E-state index >= 15 is 0 Å². The second-order valence-electron chi connectivity index (χ2n) is 7.44. The number of methoxy groups -OCH3 is 1. The lowest BCUT2D eigenvalue weighted by Gasteiger charge is -2.22. The number of alkyl carbamates (subject to hydrolysis) is 1. The Morgan fingerprint density at radius 3 is 2.58 bits per heavy atom. The monoisotopic (exact) mass is 511 g/mol. The average Bonchev–Trinajstić information content (AvgIpc) is 3.50. The number of H-pyrrole nitrogens is 1. The molecule has 2 heterocycles. The maximum absolute atomic E-state index is 13.0. The minimum Gasteiger partial charge on any atom is -0.453 e. The summed E-state index contributed by atoms with van der Waals surface area (Å²) in [6.45, 7) is 0.0935. The van der Waals surface area contributed by atoms with Gasteiger partial charge in [0.05, 0.1) is 26.0 Å². The molecule has 10 heteroatoms. The molecule has 2 N–H and O–H groups in total. The van der Waals surface area contributed by atoms with Crippen LogP contribution >= 0.6 is 15.9 Å². The van der Waals surface area contributed by atoms with E-state index in [1.165, 1.54) is 12.0 Å². The highest BCUT2D eigenvalue weighted by Crippen LogP contribution is 2.29. The largest absolute Gasteiger partial charge is 0.453 e. The topological polar surface area (TPSA) is 108 Å². The number of rotatable bonds is 5. The van der Waals surface area contributed by atoms with Crippen LogP contribution in [0.2, 0.25) is 0 Å². The number of benzene rings is 2. The van der Waals surface area contributed by atoms with Crippen LogP contribution in [0.5, 0.6) is 0 Å². The molecule has 0 radical (unpaired) electrons. The highest BCUT2D eigenvalue weighted by molar-refractivity contribution is 9.10. The molecule has 33 heavy (non-hydrogen) atoms. The molecular formula is C23H22BrN5O4. The van der Waals surface area contributed by atoms with Gasteiger partial charge in [0.2, 0.25) is 5.91 Å². The number of aromatic amines is 1. The van der Waals surface area contributed by atoms with E-state index in [2.05, 4.69) is 36.0 Å². The van der Waals surface area contributed by atoms with Crippen molar-refractivity contribution in [2.24, 2.45) is 0 Å². The second-order valence-corrected chi connectivity index (χ2v) is 8.35. The summed E-state index contributed by atoms with van der Waals surface area (Å²) < 4.78 is 5.51. The lowest BCUT2D eigenvalue weighted by molar-refractivity contribution is -0.131. The number of hydrogen-bond donors (Lipinski definition) is 2. The van der Waals surface area contributed by atoms with Crippen molar-refractivity contribution in [3.05, 3.63) is 76.7 Å². The Morgan fingerprint density at radius 1 is 1.15 bits per heavy atom. The van der Waals surface area contributed by atoms with Crippen LogP contribution in [0.3, 0.4) is 0 Å². The predicted octanol–water partition coefficient (Wildman–Crippen LogP) is 3.18. The summed E-state index contributed by atoms with van der Waals surface area (Å²) in [6.07, 6.45) is 1.07. The summed E-state index contributed by atoms with van der Waals surface area (Å²) in [7, 11) is 1.23. The Kier molecular flexibility index (Phi) is 6.74. The quantitative estimate of drug-likeness (QED) is 0.546. The van der Waals surface area contributed by atoms with Crippen LogP contribution in [0.15, 0.2) is 65.3 Å². The number of aromatic nitrogens is 2. The molecule has 170 valence electrons. The van der Waals surface area contributed by atoms with Crippen molar-refractivity contribution in [1.82, 2.24) is 25.1 Å². The van der Waals surface area contributed by atoms with Gasteiger partial charge in [-0.15, -0.1) is 0 Å². The van der Waals surface area contributed by atoms with Gasteiger partial charge >= 0.3 is 6.09 Å². The first-order valence-corrected chi connectivity index (χ1v) is 11.0. The number of amides is 3. The molecule has 4 rings (SSSR count). The van der Waals surface area contributed by atoms with Gasteiger partial charge < -0.3 is 24.8 Å². The number of carbonyl (C=O) groups is 3. The molecule has 2 aromatic carbocycles. The third-order valence-corrected chi connectivity index (χ3v) is 5.87. The normalized spacial score (nSPS) is 15.4. The fraction of sp³-hybridized carbons (Fsp3) is 0.217. The van der Waals surface area contributed by atoms with E-state index in [0.717, 1.165) is 15.7 Å². The van der Waals surface area contributed by atoms with E-state index in [0.29, 0.717) is 11.4 Å². The molecule has 1 aliphatic rings. The number of nitrogens with one attached hydrogen (secondary N) is 2.